The highest BCUT2D eigenvalue weighted by molar-refractivity contribution is 5.85. The van der Waals surface area contributed by atoms with Gasteiger partial charge in [0.1, 0.15) is 11.6 Å². The summed E-state index contributed by atoms with van der Waals surface area (Å²) < 4.78 is 5.52. The molecule has 0 radical (unpaired) electrons. The molecular weight excluding hydrogens is 342 g/mol. The maximum atomic E-state index is 12.0. The second kappa shape index (κ2) is 6.71. The number of anilines is 1. The van der Waals surface area contributed by atoms with Crippen LogP contribution in [0, 0.1) is 11.8 Å². The number of fused-ring (bicyclic) bond motifs is 2. The van der Waals surface area contributed by atoms with Crippen molar-refractivity contribution < 1.29 is 9.32 Å². The van der Waals surface area contributed by atoms with E-state index in [1.54, 1.807) is 0 Å². The molecule has 1 unspecified atom stereocenters. The Labute approximate surface area is 158 Å². The van der Waals surface area contributed by atoms with Gasteiger partial charge in [-0.05, 0) is 50.9 Å². The molecule has 1 aliphatic heterocycles. The number of nitrogens with zero attached hydrogens (tertiary/aromatic N) is 5. The monoisotopic (exact) mass is 367 g/mol. The molecule has 3 aliphatic rings. The van der Waals surface area contributed by atoms with Gasteiger partial charge in [0.2, 0.25) is 11.7 Å². The number of carbonyl (C=O) groups excluding carboxylic acids is 1. The van der Waals surface area contributed by atoms with E-state index in [4.69, 9.17) is 4.52 Å². The Bertz CT molecular complexity index is 833. The number of hydrogen-bond donors (Lipinski definition) is 0. The van der Waals surface area contributed by atoms with E-state index in [9.17, 15) is 4.79 Å². The summed E-state index contributed by atoms with van der Waals surface area (Å²) in [5.74, 6) is 3.25. The van der Waals surface area contributed by atoms with Crippen molar-refractivity contribution in [3.8, 4) is 11.4 Å². The van der Waals surface area contributed by atoms with Crippen molar-refractivity contribution in [1.82, 2.24) is 20.0 Å². The van der Waals surface area contributed by atoms with Crippen molar-refractivity contribution in [2.45, 2.75) is 31.6 Å². The van der Waals surface area contributed by atoms with Crippen LogP contribution in [-0.4, -0.2) is 59.0 Å². The van der Waals surface area contributed by atoms with Crippen LogP contribution in [0.25, 0.3) is 11.4 Å². The number of hydrogen-bond acceptors (Lipinski definition) is 7. The zero-order chi connectivity index (χ0) is 18.4. The maximum Gasteiger partial charge on any atom is 0.230 e. The summed E-state index contributed by atoms with van der Waals surface area (Å²) in [6.45, 7) is 4.21. The van der Waals surface area contributed by atoms with Crippen molar-refractivity contribution in [3.63, 3.8) is 0 Å². The molecule has 2 aliphatic carbocycles. The smallest absolute Gasteiger partial charge is 0.230 e. The summed E-state index contributed by atoms with van der Waals surface area (Å²) in [5.41, 5.74) is 0.857. The third kappa shape index (κ3) is 3.14. The zero-order valence-electron chi connectivity index (χ0n) is 15.7. The summed E-state index contributed by atoms with van der Waals surface area (Å²) in [7, 11) is 2.16. The molecule has 0 N–H and O–H groups in total. The van der Waals surface area contributed by atoms with Crippen molar-refractivity contribution >= 4 is 11.6 Å². The Hall–Kier alpha value is -2.28. The zero-order valence-corrected chi connectivity index (χ0v) is 15.7. The Kier molecular flexibility index (Phi) is 4.19. The number of aromatic nitrogens is 3. The van der Waals surface area contributed by atoms with Gasteiger partial charge in [0.25, 0.3) is 0 Å². The van der Waals surface area contributed by atoms with Gasteiger partial charge in [0, 0.05) is 49.7 Å². The molecule has 3 heterocycles. The number of Topliss-reactive ketones (excluding diaryl/α,β-unsaturated/α-hetero) is 1. The standard InChI is InChI=1S/C20H25N5O2/c1-24-5-2-6-25(8-7-24)18-4-3-14(12-21-18)19-22-20(27-23-19)16-10-13-9-15(16)17(26)11-13/h3-4,12-13,15-16H,2,5-11H2,1H3/t13-,15+,16?/m0/s1. The fourth-order valence-corrected chi connectivity index (χ4v) is 4.86. The van der Waals surface area contributed by atoms with Gasteiger partial charge in [-0.15, -0.1) is 0 Å². The Balaban J connectivity index is 1.31. The number of rotatable bonds is 3. The van der Waals surface area contributed by atoms with E-state index < -0.39 is 0 Å². The van der Waals surface area contributed by atoms with Gasteiger partial charge in [-0.3, -0.25) is 4.79 Å². The van der Waals surface area contributed by atoms with Crippen molar-refractivity contribution in [2.24, 2.45) is 11.8 Å². The largest absolute Gasteiger partial charge is 0.355 e. The van der Waals surface area contributed by atoms with Gasteiger partial charge in [0.05, 0.1) is 0 Å². The Morgan fingerprint density at radius 3 is 2.78 bits per heavy atom. The lowest BCUT2D eigenvalue weighted by atomic mass is 9.88. The normalized spacial score (nSPS) is 28.7. The molecule has 7 nitrogen and oxygen atoms in total. The summed E-state index contributed by atoms with van der Waals surface area (Å²) in [6, 6.07) is 4.05. The number of likely N-dealkylation sites (N-methyl/N-ethyl adjacent to an activating group) is 1. The Morgan fingerprint density at radius 1 is 1.11 bits per heavy atom. The summed E-state index contributed by atoms with van der Waals surface area (Å²) in [5, 5.41) is 4.15. The van der Waals surface area contributed by atoms with E-state index in [1.807, 2.05) is 18.3 Å². The van der Waals surface area contributed by atoms with Crippen LogP contribution in [0.2, 0.25) is 0 Å². The van der Waals surface area contributed by atoms with Gasteiger partial charge in [-0.1, -0.05) is 5.16 Å². The van der Waals surface area contributed by atoms with Crippen LogP contribution in [0.15, 0.2) is 22.9 Å². The average molecular weight is 367 g/mol. The lowest BCUT2D eigenvalue weighted by Crippen LogP contribution is -2.29. The van der Waals surface area contributed by atoms with Crippen molar-refractivity contribution in [3.05, 3.63) is 24.2 Å². The van der Waals surface area contributed by atoms with Crippen LogP contribution in [0.1, 0.15) is 37.5 Å². The molecule has 5 rings (SSSR count). The molecule has 2 saturated carbocycles. The van der Waals surface area contributed by atoms with E-state index in [0.717, 1.165) is 63.2 Å². The van der Waals surface area contributed by atoms with Gasteiger partial charge in [-0.25, -0.2) is 4.98 Å². The third-order valence-corrected chi connectivity index (χ3v) is 6.37. The topological polar surface area (TPSA) is 75.4 Å². The first-order valence-electron chi connectivity index (χ1n) is 9.93. The molecule has 0 amide bonds. The highest BCUT2D eigenvalue weighted by Crippen LogP contribution is 2.50. The van der Waals surface area contributed by atoms with E-state index in [1.165, 1.54) is 0 Å². The predicted octanol–water partition coefficient (Wildman–Crippen LogP) is 2.36. The second-order valence-electron chi connectivity index (χ2n) is 8.23. The number of pyridine rings is 1. The molecular formula is C20H25N5O2. The van der Waals surface area contributed by atoms with Gasteiger partial charge in [0.15, 0.2) is 0 Å². The van der Waals surface area contributed by atoms with Crippen LogP contribution < -0.4 is 4.90 Å². The van der Waals surface area contributed by atoms with E-state index in [-0.39, 0.29) is 11.8 Å². The highest BCUT2D eigenvalue weighted by Gasteiger charge is 2.48. The first-order chi connectivity index (χ1) is 13.2. The maximum absolute atomic E-state index is 12.0. The minimum absolute atomic E-state index is 0.0879. The van der Waals surface area contributed by atoms with Crippen LogP contribution in [0.3, 0.4) is 0 Å². The third-order valence-electron chi connectivity index (χ3n) is 6.37. The van der Waals surface area contributed by atoms with Crippen LogP contribution >= 0.6 is 0 Å². The van der Waals surface area contributed by atoms with Crippen LogP contribution in [-0.2, 0) is 4.79 Å². The molecule has 7 heteroatoms. The molecule has 3 fully saturated rings. The summed E-state index contributed by atoms with van der Waals surface area (Å²) >= 11 is 0. The molecule has 0 spiro atoms. The van der Waals surface area contributed by atoms with Gasteiger partial charge >= 0.3 is 0 Å². The van der Waals surface area contributed by atoms with Gasteiger partial charge in [-0.2, -0.15) is 4.98 Å². The first-order valence-corrected chi connectivity index (χ1v) is 9.93. The van der Waals surface area contributed by atoms with Crippen LogP contribution in [0.5, 0.6) is 0 Å². The fourth-order valence-electron chi connectivity index (χ4n) is 4.86. The first kappa shape index (κ1) is 16.9. The molecule has 3 atom stereocenters. The van der Waals surface area contributed by atoms with E-state index in [0.29, 0.717) is 23.4 Å². The molecule has 1 saturated heterocycles. The summed E-state index contributed by atoms with van der Waals surface area (Å²) in [6.07, 6.45) is 5.70. The molecule has 0 aromatic carbocycles. The number of ketones is 1. The predicted molar refractivity (Wildman–Crippen MR) is 100 cm³/mol. The molecule has 142 valence electrons. The minimum Gasteiger partial charge on any atom is -0.355 e. The quantitative estimate of drug-likeness (QED) is 0.824. The second-order valence-corrected chi connectivity index (χ2v) is 8.23. The van der Waals surface area contributed by atoms with E-state index in [2.05, 4.69) is 32.0 Å². The number of carbonyl (C=O) groups is 1. The Morgan fingerprint density at radius 2 is 2.00 bits per heavy atom. The summed E-state index contributed by atoms with van der Waals surface area (Å²) in [4.78, 5) is 25.9. The average Bonchev–Trinajstić information content (AvgIpc) is 3.36. The SMILES string of the molecule is CN1CCCN(c2ccc(-c3noc(C4C[C@H]5CC(=O)[C@@H]4C5)n3)cn2)CC1. The molecule has 2 bridgehead atoms. The molecule has 27 heavy (non-hydrogen) atoms. The fraction of sp³-hybridized carbons (Fsp3) is 0.600. The molecule has 2 aromatic rings. The lowest BCUT2D eigenvalue weighted by Gasteiger charge is -2.21. The van der Waals surface area contributed by atoms with Crippen LogP contribution in [0.4, 0.5) is 5.82 Å². The lowest BCUT2D eigenvalue weighted by molar-refractivity contribution is -0.122. The molecule has 2 aromatic heterocycles. The minimum atomic E-state index is 0.0879. The van der Waals surface area contributed by atoms with Gasteiger partial charge < -0.3 is 14.3 Å². The van der Waals surface area contributed by atoms with Crippen molar-refractivity contribution in [1.29, 1.82) is 0 Å². The van der Waals surface area contributed by atoms with Crippen molar-refractivity contribution in [2.75, 3.05) is 38.1 Å². The van der Waals surface area contributed by atoms with E-state index >= 15 is 0 Å². The highest BCUT2D eigenvalue weighted by atomic mass is 16.5.